The summed E-state index contributed by atoms with van der Waals surface area (Å²) < 4.78 is 5.61. The van der Waals surface area contributed by atoms with E-state index in [0.717, 1.165) is 31.9 Å². The predicted molar refractivity (Wildman–Crippen MR) is 72.5 cm³/mol. The Morgan fingerprint density at radius 2 is 2.18 bits per heavy atom. The molecule has 1 atom stereocenters. The van der Waals surface area contributed by atoms with Crippen molar-refractivity contribution in [3.63, 3.8) is 0 Å². The highest BCUT2D eigenvalue weighted by molar-refractivity contribution is 5.28. The Morgan fingerprint density at radius 1 is 1.35 bits per heavy atom. The van der Waals surface area contributed by atoms with Gasteiger partial charge in [0, 0.05) is 19.1 Å². The Hall–Kier alpha value is -1.06. The molecule has 3 heteroatoms. The molecule has 0 heterocycles. The lowest BCUT2D eigenvalue weighted by Gasteiger charge is -2.13. The van der Waals surface area contributed by atoms with E-state index in [2.05, 4.69) is 36.6 Å². The van der Waals surface area contributed by atoms with E-state index in [1.54, 1.807) is 0 Å². The van der Waals surface area contributed by atoms with Gasteiger partial charge < -0.3 is 15.4 Å². The number of ether oxygens (including phenoxy) is 1. The minimum atomic E-state index is 0.472. The van der Waals surface area contributed by atoms with Crippen LogP contribution < -0.4 is 15.4 Å². The van der Waals surface area contributed by atoms with E-state index < -0.39 is 0 Å². The fraction of sp³-hybridized carbons (Fsp3) is 0.571. The van der Waals surface area contributed by atoms with Crippen molar-refractivity contribution in [3.8, 4) is 5.75 Å². The monoisotopic (exact) mass is 236 g/mol. The minimum absolute atomic E-state index is 0.472. The van der Waals surface area contributed by atoms with Crippen LogP contribution >= 0.6 is 0 Å². The molecular weight excluding hydrogens is 212 g/mol. The topological polar surface area (TPSA) is 33.3 Å². The summed E-state index contributed by atoms with van der Waals surface area (Å²) in [5.41, 5.74) is 1.27. The van der Waals surface area contributed by atoms with Crippen LogP contribution in [0.3, 0.4) is 0 Å². The van der Waals surface area contributed by atoms with E-state index in [0.29, 0.717) is 6.04 Å². The van der Waals surface area contributed by atoms with Crippen LogP contribution in [-0.4, -0.2) is 26.2 Å². The molecule has 17 heavy (non-hydrogen) atoms. The standard InChI is InChI=1S/C14H24N2O/c1-4-8-17-14-7-5-6-13(9-14)11-16-12(2)10-15-3/h5-7,9,12,15-16H,4,8,10-11H2,1-3H3. The summed E-state index contributed by atoms with van der Waals surface area (Å²) in [5, 5.41) is 6.62. The van der Waals surface area contributed by atoms with E-state index in [4.69, 9.17) is 4.74 Å². The van der Waals surface area contributed by atoms with Crippen LogP contribution in [0.1, 0.15) is 25.8 Å². The quantitative estimate of drug-likeness (QED) is 0.726. The van der Waals surface area contributed by atoms with Crippen molar-refractivity contribution >= 4 is 0 Å². The predicted octanol–water partition coefficient (Wildman–Crippen LogP) is 2.17. The van der Waals surface area contributed by atoms with Gasteiger partial charge in [-0.05, 0) is 38.1 Å². The SMILES string of the molecule is CCCOc1cccc(CNC(C)CNC)c1. The summed E-state index contributed by atoms with van der Waals surface area (Å²) in [7, 11) is 1.97. The summed E-state index contributed by atoms with van der Waals surface area (Å²) in [5.74, 6) is 0.965. The Morgan fingerprint density at radius 3 is 2.88 bits per heavy atom. The van der Waals surface area contributed by atoms with E-state index in [1.165, 1.54) is 5.56 Å². The first kappa shape index (κ1) is 14.0. The molecule has 0 spiro atoms. The smallest absolute Gasteiger partial charge is 0.119 e. The second kappa shape index (κ2) is 8.09. The van der Waals surface area contributed by atoms with Crippen LogP contribution in [0.4, 0.5) is 0 Å². The van der Waals surface area contributed by atoms with Gasteiger partial charge in [-0.2, -0.15) is 0 Å². The van der Waals surface area contributed by atoms with Gasteiger partial charge in [0.25, 0.3) is 0 Å². The highest BCUT2D eigenvalue weighted by Gasteiger charge is 2.01. The third kappa shape index (κ3) is 5.71. The van der Waals surface area contributed by atoms with E-state index >= 15 is 0 Å². The van der Waals surface area contributed by atoms with E-state index in [9.17, 15) is 0 Å². The van der Waals surface area contributed by atoms with Crippen molar-refractivity contribution in [1.82, 2.24) is 10.6 Å². The third-order valence-corrected chi connectivity index (χ3v) is 2.54. The number of likely N-dealkylation sites (N-methyl/N-ethyl adjacent to an activating group) is 1. The van der Waals surface area contributed by atoms with Gasteiger partial charge >= 0.3 is 0 Å². The van der Waals surface area contributed by atoms with Crippen LogP contribution in [-0.2, 0) is 6.54 Å². The molecule has 0 amide bonds. The number of rotatable bonds is 8. The Kier molecular flexibility index (Phi) is 6.67. The summed E-state index contributed by atoms with van der Waals surface area (Å²) in [4.78, 5) is 0. The van der Waals surface area contributed by atoms with Gasteiger partial charge in [-0.1, -0.05) is 19.1 Å². The van der Waals surface area contributed by atoms with Crippen LogP contribution in [0.25, 0.3) is 0 Å². The number of hydrogen-bond acceptors (Lipinski definition) is 3. The summed E-state index contributed by atoms with van der Waals surface area (Å²) in [6.07, 6.45) is 1.04. The molecule has 0 fully saturated rings. The molecular formula is C14H24N2O. The maximum Gasteiger partial charge on any atom is 0.119 e. The number of hydrogen-bond donors (Lipinski definition) is 2. The first-order chi connectivity index (χ1) is 8.26. The lowest BCUT2D eigenvalue weighted by molar-refractivity contribution is 0.317. The highest BCUT2D eigenvalue weighted by Crippen LogP contribution is 2.13. The average Bonchev–Trinajstić information content (AvgIpc) is 2.35. The molecule has 1 unspecified atom stereocenters. The summed E-state index contributed by atoms with van der Waals surface area (Å²) >= 11 is 0. The minimum Gasteiger partial charge on any atom is -0.494 e. The molecule has 2 N–H and O–H groups in total. The van der Waals surface area contributed by atoms with Gasteiger partial charge in [0.05, 0.1) is 6.61 Å². The first-order valence-electron chi connectivity index (χ1n) is 6.36. The van der Waals surface area contributed by atoms with Gasteiger partial charge in [-0.3, -0.25) is 0 Å². The largest absolute Gasteiger partial charge is 0.494 e. The van der Waals surface area contributed by atoms with Gasteiger partial charge in [-0.15, -0.1) is 0 Å². The fourth-order valence-corrected chi connectivity index (χ4v) is 1.64. The molecule has 0 aromatic heterocycles. The van der Waals surface area contributed by atoms with Gasteiger partial charge in [-0.25, -0.2) is 0 Å². The number of benzene rings is 1. The molecule has 96 valence electrons. The zero-order valence-electron chi connectivity index (χ0n) is 11.1. The number of nitrogens with one attached hydrogen (secondary N) is 2. The molecule has 0 radical (unpaired) electrons. The van der Waals surface area contributed by atoms with Crippen molar-refractivity contribution in [3.05, 3.63) is 29.8 Å². The summed E-state index contributed by atoms with van der Waals surface area (Å²) in [6, 6.07) is 8.76. The zero-order valence-corrected chi connectivity index (χ0v) is 11.1. The molecule has 1 aromatic rings. The zero-order chi connectivity index (χ0) is 12.5. The second-order valence-electron chi connectivity index (χ2n) is 4.34. The van der Waals surface area contributed by atoms with Crippen molar-refractivity contribution in [1.29, 1.82) is 0 Å². The summed E-state index contributed by atoms with van der Waals surface area (Å²) in [6.45, 7) is 6.93. The van der Waals surface area contributed by atoms with Gasteiger partial charge in [0.15, 0.2) is 0 Å². The van der Waals surface area contributed by atoms with Gasteiger partial charge in [0.1, 0.15) is 5.75 Å². The van der Waals surface area contributed by atoms with Crippen molar-refractivity contribution in [2.24, 2.45) is 0 Å². The third-order valence-electron chi connectivity index (χ3n) is 2.54. The van der Waals surface area contributed by atoms with Crippen LogP contribution in [0, 0.1) is 0 Å². The van der Waals surface area contributed by atoms with Crippen molar-refractivity contribution < 1.29 is 4.74 Å². The molecule has 0 aliphatic carbocycles. The molecule has 1 aromatic carbocycles. The van der Waals surface area contributed by atoms with Gasteiger partial charge in [0.2, 0.25) is 0 Å². The van der Waals surface area contributed by atoms with Crippen LogP contribution in [0.15, 0.2) is 24.3 Å². The molecule has 0 saturated carbocycles. The maximum atomic E-state index is 5.61. The molecule has 0 aliphatic heterocycles. The Balaban J connectivity index is 2.42. The van der Waals surface area contributed by atoms with Crippen molar-refractivity contribution in [2.75, 3.05) is 20.2 Å². The average molecular weight is 236 g/mol. The molecule has 0 saturated heterocycles. The molecule has 0 aliphatic rings. The van der Waals surface area contributed by atoms with Crippen LogP contribution in [0.2, 0.25) is 0 Å². The first-order valence-corrected chi connectivity index (χ1v) is 6.36. The second-order valence-corrected chi connectivity index (χ2v) is 4.34. The highest BCUT2D eigenvalue weighted by atomic mass is 16.5. The van der Waals surface area contributed by atoms with Crippen LogP contribution in [0.5, 0.6) is 5.75 Å². The van der Waals surface area contributed by atoms with E-state index in [-0.39, 0.29) is 0 Å². The Labute approximate surface area is 105 Å². The fourth-order valence-electron chi connectivity index (χ4n) is 1.64. The lowest BCUT2D eigenvalue weighted by Crippen LogP contribution is -2.34. The van der Waals surface area contributed by atoms with E-state index in [1.807, 2.05) is 19.2 Å². The lowest BCUT2D eigenvalue weighted by atomic mass is 10.2. The molecule has 3 nitrogen and oxygen atoms in total. The van der Waals surface area contributed by atoms with Crippen molar-refractivity contribution in [2.45, 2.75) is 32.9 Å². The molecule has 1 rings (SSSR count). The molecule has 0 bridgehead atoms. The maximum absolute atomic E-state index is 5.61. The normalized spacial score (nSPS) is 12.4. The Bertz CT molecular complexity index is 315.